The van der Waals surface area contributed by atoms with Crippen LogP contribution in [0.2, 0.25) is 0 Å². The van der Waals surface area contributed by atoms with E-state index in [1.165, 1.54) is 0 Å². The van der Waals surface area contributed by atoms with Crippen LogP contribution >= 0.6 is 0 Å². The number of aliphatic hydroxyl groups is 1. The van der Waals surface area contributed by atoms with Crippen molar-refractivity contribution in [3.05, 3.63) is 34.9 Å². The fraction of sp³-hybridized carbons (Fsp3) is 0.333. The Labute approximate surface area is 99.1 Å². The van der Waals surface area contributed by atoms with Gasteiger partial charge in [-0.05, 0) is 26.0 Å². The summed E-state index contributed by atoms with van der Waals surface area (Å²) in [4.78, 5) is 22.4. The van der Waals surface area contributed by atoms with Crippen LogP contribution in [0.4, 0.5) is 0 Å². The van der Waals surface area contributed by atoms with E-state index >= 15 is 0 Å². The van der Waals surface area contributed by atoms with Gasteiger partial charge >= 0.3 is 5.97 Å². The van der Waals surface area contributed by atoms with E-state index in [0.717, 1.165) is 11.1 Å². The molecule has 1 amide bonds. The number of carboxylic acids is 1. The summed E-state index contributed by atoms with van der Waals surface area (Å²) in [6, 6.07) is 3.97. The van der Waals surface area contributed by atoms with Crippen molar-refractivity contribution in [2.24, 2.45) is 0 Å². The maximum absolute atomic E-state index is 11.7. The summed E-state index contributed by atoms with van der Waals surface area (Å²) in [7, 11) is 0. The van der Waals surface area contributed by atoms with Crippen LogP contribution in [0.25, 0.3) is 0 Å². The van der Waals surface area contributed by atoms with E-state index in [2.05, 4.69) is 5.32 Å². The smallest absolute Gasteiger partial charge is 0.328 e. The zero-order chi connectivity index (χ0) is 13.0. The number of hydrogen-bond acceptors (Lipinski definition) is 3. The van der Waals surface area contributed by atoms with Crippen molar-refractivity contribution < 1.29 is 19.8 Å². The molecule has 17 heavy (non-hydrogen) atoms. The number of amides is 1. The van der Waals surface area contributed by atoms with Crippen LogP contribution < -0.4 is 5.32 Å². The van der Waals surface area contributed by atoms with Crippen molar-refractivity contribution >= 4 is 11.9 Å². The first kappa shape index (κ1) is 13.2. The first-order valence-electron chi connectivity index (χ1n) is 5.17. The molecule has 0 unspecified atom stereocenters. The minimum atomic E-state index is -1.27. The minimum absolute atomic E-state index is 0.391. The van der Waals surface area contributed by atoms with Gasteiger partial charge in [-0.15, -0.1) is 0 Å². The Morgan fingerprint density at radius 2 is 1.76 bits per heavy atom. The highest BCUT2D eigenvalue weighted by atomic mass is 16.4. The van der Waals surface area contributed by atoms with Crippen molar-refractivity contribution in [2.75, 3.05) is 6.61 Å². The molecule has 0 saturated heterocycles. The molecule has 0 radical (unpaired) electrons. The Bertz CT molecular complexity index is 422. The predicted molar refractivity (Wildman–Crippen MR) is 61.9 cm³/mol. The van der Waals surface area contributed by atoms with Crippen molar-refractivity contribution in [3.63, 3.8) is 0 Å². The van der Waals surface area contributed by atoms with Gasteiger partial charge in [0.2, 0.25) is 0 Å². The highest BCUT2D eigenvalue weighted by Gasteiger charge is 2.19. The van der Waals surface area contributed by atoms with Crippen molar-refractivity contribution in [1.29, 1.82) is 0 Å². The summed E-state index contributed by atoms with van der Waals surface area (Å²) < 4.78 is 0. The lowest BCUT2D eigenvalue weighted by Gasteiger charge is -2.12. The number of carbonyl (C=O) groups excluding carboxylic acids is 1. The lowest BCUT2D eigenvalue weighted by Crippen LogP contribution is -2.43. The first-order chi connectivity index (χ1) is 7.93. The average molecular weight is 237 g/mol. The number of rotatable bonds is 4. The van der Waals surface area contributed by atoms with E-state index in [1.807, 2.05) is 19.9 Å². The lowest BCUT2D eigenvalue weighted by molar-refractivity contribution is -0.140. The SMILES string of the molecule is Cc1cc(C)cc(C(=O)N[C@H](CO)C(=O)O)c1. The third kappa shape index (κ3) is 3.57. The first-order valence-corrected chi connectivity index (χ1v) is 5.17. The second-order valence-corrected chi connectivity index (χ2v) is 3.92. The van der Waals surface area contributed by atoms with Gasteiger partial charge in [0.05, 0.1) is 6.61 Å². The molecule has 0 spiro atoms. The number of nitrogens with one attached hydrogen (secondary N) is 1. The van der Waals surface area contributed by atoms with E-state index < -0.39 is 24.5 Å². The molecule has 0 saturated carbocycles. The molecule has 0 aliphatic heterocycles. The third-order valence-corrected chi connectivity index (χ3v) is 2.27. The minimum Gasteiger partial charge on any atom is -0.480 e. The third-order valence-electron chi connectivity index (χ3n) is 2.27. The highest BCUT2D eigenvalue weighted by molar-refractivity contribution is 5.96. The number of aliphatic hydroxyl groups excluding tert-OH is 1. The second-order valence-electron chi connectivity index (χ2n) is 3.92. The molecule has 5 heteroatoms. The summed E-state index contributed by atoms with van der Waals surface area (Å²) in [6.07, 6.45) is 0. The molecule has 0 fully saturated rings. The van der Waals surface area contributed by atoms with Gasteiger partial charge in [-0.25, -0.2) is 4.79 Å². The lowest BCUT2D eigenvalue weighted by atomic mass is 10.1. The molecule has 1 aromatic rings. The van der Waals surface area contributed by atoms with E-state index in [4.69, 9.17) is 10.2 Å². The number of carboxylic acid groups (broad SMARTS) is 1. The van der Waals surface area contributed by atoms with Crippen LogP contribution in [-0.4, -0.2) is 34.7 Å². The molecule has 0 heterocycles. The Morgan fingerprint density at radius 3 is 2.18 bits per heavy atom. The monoisotopic (exact) mass is 237 g/mol. The molecule has 0 aliphatic rings. The summed E-state index contributed by atoms with van der Waals surface area (Å²) in [6.45, 7) is 3.07. The Hall–Kier alpha value is -1.88. The molecule has 1 atom stereocenters. The van der Waals surface area contributed by atoms with Gasteiger partial charge < -0.3 is 15.5 Å². The zero-order valence-corrected chi connectivity index (χ0v) is 9.73. The van der Waals surface area contributed by atoms with Crippen LogP contribution in [0.1, 0.15) is 21.5 Å². The van der Waals surface area contributed by atoms with Crippen molar-refractivity contribution in [2.45, 2.75) is 19.9 Å². The van der Waals surface area contributed by atoms with Crippen LogP contribution in [0, 0.1) is 13.8 Å². The molecular formula is C12H15NO4. The van der Waals surface area contributed by atoms with Crippen molar-refractivity contribution in [3.8, 4) is 0 Å². The largest absolute Gasteiger partial charge is 0.480 e. The molecule has 92 valence electrons. The summed E-state index contributed by atoms with van der Waals surface area (Å²) in [5.41, 5.74) is 2.24. The molecule has 5 nitrogen and oxygen atoms in total. The van der Waals surface area contributed by atoms with E-state index in [1.54, 1.807) is 12.1 Å². The second kappa shape index (κ2) is 5.45. The van der Waals surface area contributed by atoms with Crippen molar-refractivity contribution in [1.82, 2.24) is 5.32 Å². The number of aliphatic carboxylic acids is 1. The number of carbonyl (C=O) groups is 2. The number of hydrogen-bond donors (Lipinski definition) is 3. The van der Waals surface area contributed by atoms with Gasteiger partial charge in [0.1, 0.15) is 0 Å². The van der Waals surface area contributed by atoms with Crippen LogP contribution in [0.3, 0.4) is 0 Å². The Balaban J connectivity index is 2.86. The molecular weight excluding hydrogens is 222 g/mol. The van der Waals surface area contributed by atoms with Gasteiger partial charge in [-0.3, -0.25) is 4.79 Å². The molecule has 0 bridgehead atoms. The zero-order valence-electron chi connectivity index (χ0n) is 9.73. The van der Waals surface area contributed by atoms with Gasteiger partial charge in [0.15, 0.2) is 6.04 Å². The number of benzene rings is 1. The maximum Gasteiger partial charge on any atom is 0.328 e. The van der Waals surface area contributed by atoms with Gasteiger partial charge in [-0.2, -0.15) is 0 Å². The molecule has 1 rings (SSSR count). The van der Waals surface area contributed by atoms with E-state index in [0.29, 0.717) is 5.56 Å². The summed E-state index contributed by atoms with van der Waals surface area (Å²) >= 11 is 0. The average Bonchev–Trinajstić information content (AvgIpc) is 2.23. The highest BCUT2D eigenvalue weighted by Crippen LogP contribution is 2.08. The normalized spacial score (nSPS) is 11.9. The fourth-order valence-electron chi connectivity index (χ4n) is 1.53. The fourth-order valence-corrected chi connectivity index (χ4v) is 1.53. The van der Waals surface area contributed by atoms with E-state index in [9.17, 15) is 9.59 Å². The Kier molecular flexibility index (Phi) is 4.23. The Morgan fingerprint density at radius 1 is 1.24 bits per heavy atom. The van der Waals surface area contributed by atoms with Gasteiger partial charge in [0.25, 0.3) is 5.91 Å². The van der Waals surface area contributed by atoms with E-state index in [-0.39, 0.29) is 0 Å². The van der Waals surface area contributed by atoms with Crippen LogP contribution in [-0.2, 0) is 4.79 Å². The number of aryl methyl sites for hydroxylation is 2. The molecule has 0 aromatic heterocycles. The van der Waals surface area contributed by atoms with Gasteiger partial charge in [0, 0.05) is 5.56 Å². The molecule has 1 aromatic carbocycles. The maximum atomic E-state index is 11.7. The van der Waals surface area contributed by atoms with Crippen LogP contribution in [0.5, 0.6) is 0 Å². The van der Waals surface area contributed by atoms with Gasteiger partial charge in [-0.1, -0.05) is 17.2 Å². The summed E-state index contributed by atoms with van der Waals surface area (Å²) in [5.74, 6) is -1.76. The summed E-state index contributed by atoms with van der Waals surface area (Å²) in [5, 5.41) is 19.8. The molecule has 3 N–H and O–H groups in total. The topological polar surface area (TPSA) is 86.6 Å². The standard InChI is InChI=1S/C12H15NO4/c1-7-3-8(2)5-9(4-7)11(15)13-10(6-14)12(16)17/h3-5,10,14H,6H2,1-2H3,(H,13,15)(H,16,17)/t10-/m1/s1. The predicted octanol–water partition coefficient (Wildman–Crippen LogP) is 0.479. The molecule has 0 aliphatic carbocycles. The quantitative estimate of drug-likeness (QED) is 0.710. The van der Waals surface area contributed by atoms with Crippen LogP contribution in [0.15, 0.2) is 18.2 Å².